The zero-order valence-electron chi connectivity index (χ0n) is 22.0. The molecule has 212 valence electrons. The van der Waals surface area contributed by atoms with Gasteiger partial charge in [-0.25, -0.2) is 4.57 Å². The molecule has 0 aliphatic heterocycles. The summed E-state index contributed by atoms with van der Waals surface area (Å²) in [5, 5.41) is 0. The summed E-state index contributed by atoms with van der Waals surface area (Å²) >= 11 is 0. The maximum atomic E-state index is 12.1. The smallest absolute Gasteiger partial charge is 0.462 e. The lowest BCUT2D eigenvalue weighted by molar-refractivity contribution is -0.161. The predicted molar refractivity (Wildman–Crippen MR) is 137 cm³/mol. The van der Waals surface area contributed by atoms with Crippen molar-refractivity contribution in [2.45, 2.75) is 116 Å². The number of hydrogen-bond donors (Lipinski definition) is 2. The molecular formula is C25H48NO9P. The van der Waals surface area contributed by atoms with E-state index in [1.54, 1.807) is 0 Å². The Morgan fingerprint density at radius 1 is 0.833 bits per heavy atom. The first-order valence-corrected chi connectivity index (χ1v) is 14.9. The molecule has 0 spiro atoms. The van der Waals surface area contributed by atoms with Crippen LogP contribution in [0.15, 0.2) is 0 Å². The average molecular weight is 538 g/mol. The highest BCUT2D eigenvalue weighted by Crippen LogP contribution is 2.43. The van der Waals surface area contributed by atoms with Gasteiger partial charge in [0.25, 0.3) is 0 Å². The summed E-state index contributed by atoms with van der Waals surface area (Å²) in [7, 11) is -4.39. The standard InChI is InChI=1S/C25H48NO9P/c1-2-3-4-5-6-7-8-9-10-11-12-13-14-16-24(28)32-21-23(35-25(29)17-15-19-27)22-34-36(30,31)33-20-18-26/h19,23H,2-18,20-22,26H2,1H3,(H,30,31)/t23-/m1/s1. The van der Waals surface area contributed by atoms with Gasteiger partial charge in [-0.2, -0.15) is 0 Å². The molecule has 2 atom stereocenters. The lowest BCUT2D eigenvalue weighted by Crippen LogP contribution is -2.29. The maximum Gasteiger partial charge on any atom is 0.472 e. The van der Waals surface area contributed by atoms with Crippen LogP contribution in [-0.4, -0.2) is 55.6 Å². The van der Waals surface area contributed by atoms with Crippen LogP contribution < -0.4 is 5.73 Å². The van der Waals surface area contributed by atoms with Gasteiger partial charge in [0.05, 0.1) is 19.6 Å². The largest absolute Gasteiger partial charge is 0.472 e. The van der Waals surface area contributed by atoms with E-state index < -0.39 is 32.5 Å². The summed E-state index contributed by atoms with van der Waals surface area (Å²) in [5.74, 6) is -1.16. The Labute approximate surface area is 216 Å². The van der Waals surface area contributed by atoms with Crippen LogP contribution in [0.2, 0.25) is 0 Å². The van der Waals surface area contributed by atoms with Crippen LogP contribution in [0.3, 0.4) is 0 Å². The Hall–Kier alpha value is -1.32. The number of carbonyl (C=O) groups is 3. The number of nitrogens with two attached hydrogens (primary N) is 1. The number of unbranched alkanes of at least 4 members (excludes halogenated alkanes) is 12. The van der Waals surface area contributed by atoms with Crippen LogP contribution in [0.5, 0.6) is 0 Å². The molecule has 10 nitrogen and oxygen atoms in total. The summed E-state index contributed by atoms with van der Waals surface area (Å²) in [6.45, 7) is 1.22. The number of hydrogen-bond acceptors (Lipinski definition) is 9. The molecule has 0 aromatic heterocycles. The molecule has 3 N–H and O–H groups in total. The first-order valence-electron chi connectivity index (χ1n) is 13.4. The molecule has 0 bridgehead atoms. The molecular weight excluding hydrogens is 489 g/mol. The van der Waals surface area contributed by atoms with E-state index >= 15 is 0 Å². The number of rotatable bonds is 26. The van der Waals surface area contributed by atoms with Crippen molar-refractivity contribution in [3.8, 4) is 0 Å². The number of carbonyl (C=O) groups excluding carboxylic acids is 3. The first-order chi connectivity index (χ1) is 17.3. The second-order valence-electron chi connectivity index (χ2n) is 8.88. The van der Waals surface area contributed by atoms with Crippen LogP contribution >= 0.6 is 7.82 Å². The van der Waals surface area contributed by atoms with Gasteiger partial charge in [0.15, 0.2) is 6.10 Å². The molecule has 0 heterocycles. The molecule has 36 heavy (non-hydrogen) atoms. The predicted octanol–water partition coefficient (Wildman–Crippen LogP) is 4.99. The van der Waals surface area contributed by atoms with E-state index in [9.17, 15) is 23.8 Å². The summed E-state index contributed by atoms with van der Waals surface area (Å²) in [4.78, 5) is 43.9. The van der Waals surface area contributed by atoms with Gasteiger partial charge in [0, 0.05) is 19.4 Å². The summed E-state index contributed by atoms with van der Waals surface area (Å²) < 4.78 is 31.5. The molecule has 0 aliphatic carbocycles. The van der Waals surface area contributed by atoms with Gasteiger partial charge in [-0.15, -0.1) is 0 Å². The van der Waals surface area contributed by atoms with E-state index in [1.165, 1.54) is 57.8 Å². The molecule has 0 aliphatic rings. The maximum absolute atomic E-state index is 12.1. The Balaban J connectivity index is 4.07. The third kappa shape index (κ3) is 23.1. The second kappa shape index (κ2) is 24.0. The molecule has 0 aromatic rings. The van der Waals surface area contributed by atoms with Gasteiger partial charge in [-0.05, 0) is 6.42 Å². The first kappa shape index (κ1) is 34.7. The van der Waals surface area contributed by atoms with Crippen LogP contribution in [0.1, 0.15) is 110 Å². The number of ether oxygens (including phenoxy) is 2. The van der Waals surface area contributed by atoms with E-state index in [0.717, 1.165) is 19.3 Å². The monoisotopic (exact) mass is 537 g/mol. The fourth-order valence-corrected chi connectivity index (χ4v) is 4.23. The molecule has 0 fully saturated rings. The normalized spacial score (nSPS) is 13.6. The van der Waals surface area contributed by atoms with Crippen molar-refractivity contribution in [1.82, 2.24) is 0 Å². The van der Waals surface area contributed by atoms with E-state index in [0.29, 0.717) is 12.7 Å². The minimum atomic E-state index is -4.39. The van der Waals surface area contributed by atoms with E-state index in [2.05, 4.69) is 11.4 Å². The summed E-state index contributed by atoms with van der Waals surface area (Å²) in [6, 6.07) is 0. The Bertz CT molecular complexity index is 618. The van der Waals surface area contributed by atoms with E-state index in [1.807, 2.05) is 0 Å². The minimum Gasteiger partial charge on any atom is -0.462 e. The third-order valence-corrected chi connectivity index (χ3v) is 6.46. The average Bonchev–Trinajstić information content (AvgIpc) is 2.86. The molecule has 0 rings (SSSR count). The second-order valence-corrected chi connectivity index (χ2v) is 10.3. The van der Waals surface area contributed by atoms with Crippen molar-refractivity contribution in [3.63, 3.8) is 0 Å². The van der Waals surface area contributed by atoms with Crippen LogP contribution in [0.4, 0.5) is 0 Å². The highest BCUT2D eigenvalue weighted by molar-refractivity contribution is 7.47. The quantitative estimate of drug-likeness (QED) is 0.0668. The number of aldehydes is 1. The van der Waals surface area contributed by atoms with E-state index in [-0.39, 0.29) is 39.0 Å². The SMILES string of the molecule is CCCCCCCCCCCCCCCC(=O)OC[C@H](COP(=O)(O)OCCN)OC(=O)CCC=O. The third-order valence-electron chi connectivity index (χ3n) is 5.47. The molecule has 11 heteroatoms. The van der Waals surface area contributed by atoms with Gasteiger partial charge in [-0.3, -0.25) is 18.6 Å². The highest BCUT2D eigenvalue weighted by Gasteiger charge is 2.25. The fourth-order valence-electron chi connectivity index (χ4n) is 3.47. The van der Waals surface area contributed by atoms with Crippen molar-refractivity contribution in [2.75, 3.05) is 26.4 Å². The zero-order chi connectivity index (χ0) is 26.9. The lowest BCUT2D eigenvalue weighted by atomic mass is 10.0. The Kier molecular flexibility index (Phi) is 23.2. The fraction of sp³-hybridized carbons (Fsp3) is 0.880. The summed E-state index contributed by atoms with van der Waals surface area (Å²) in [6.07, 6.45) is 15.2. The molecule has 0 aromatic carbocycles. The van der Waals surface area contributed by atoms with Crippen molar-refractivity contribution in [3.05, 3.63) is 0 Å². The van der Waals surface area contributed by atoms with Crippen molar-refractivity contribution in [1.29, 1.82) is 0 Å². The molecule has 1 unspecified atom stereocenters. The van der Waals surface area contributed by atoms with Gasteiger partial charge < -0.3 is 24.9 Å². The van der Waals surface area contributed by atoms with Crippen molar-refractivity contribution < 1.29 is 42.4 Å². The molecule has 0 saturated carbocycles. The Morgan fingerprint density at radius 2 is 1.39 bits per heavy atom. The zero-order valence-corrected chi connectivity index (χ0v) is 22.9. The minimum absolute atomic E-state index is 0.0226. The van der Waals surface area contributed by atoms with E-state index in [4.69, 9.17) is 19.7 Å². The molecule has 0 amide bonds. The van der Waals surface area contributed by atoms with Gasteiger partial charge >= 0.3 is 19.8 Å². The Morgan fingerprint density at radius 3 is 1.92 bits per heavy atom. The van der Waals surface area contributed by atoms with Gasteiger partial charge in [0.2, 0.25) is 0 Å². The van der Waals surface area contributed by atoms with Crippen molar-refractivity contribution >= 4 is 26.0 Å². The molecule has 0 radical (unpaired) electrons. The summed E-state index contributed by atoms with van der Waals surface area (Å²) in [5.41, 5.74) is 5.23. The van der Waals surface area contributed by atoms with Crippen LogP contribution in [-0.2, 0) is 37.5 Å². The number of phosphoric acid groups is 1. The lowest BCUT2D eigenvalue weighted by Gasteiger charge is -2.19. The van der Waals surface area contributed by atoms with Crippen LogP contribution in [0, 0.1) is 0 Å². The van der Waals surface area contributed by atoms with Gasteiger partial charge in [0.1, 0.15) is 12.9 Å². The highest BCUT2D eigenvalue weighted by atomic mass is 31.2. The topological polar surface area (TPSA) is 151 Å². The van der Waals surface area contributed by atoms with Crippen LogP contribution in [0.25, 0.3) is 0 Å². The number of esters is 2. The molecule has 0 saturated heterocycles. The van der Waals surface area contributed by atoms with Gasteiger partial charge in [-0.1, -0.05) is 84.0 Å². The van der Waals surface area contributed by atoms with Crippen molar-refractivity contribution in [2.24, 2.45) is 5.73 Å². The number of phosphoric ester groups is 1.